The van der Waals surface area contributed by atoms with Crippen LogP contribution in [0.3, 0.4) is 0 Å². The molecule has 7 heteroatoms. The van der Waals surface area contributed by atoms with Gasteiger partial charge in [0.25, 0.3) is 11.3 Å². The van der Waals surface area contributed by atoms with Crippen molar-refractivity contribution in [3.8, 4) is 0 Å². The summed E-state index contributed by atoms with van der Waals surface area (Å²) in [7, 11) is 0. The first-order valence-corrected chi connectivity index (χ1v) is 7.18. The van der Waals surface area contributed by atoms with Gasteiger partial charge in [-0.3, -0.25) is 14.2 Å². The van der Waals surface area contributed by atoms with Crippen molar-refractivity contribution in [3.63, 3.8) is 0 Å². The largest absolute Gasteiger partial charge is 0.335 e. The molecule has 23 heavy (non-hydrogen) atoms. The highest BCUT2D eigenvalue weighted by Gasteiger charge is 2.20. The van der Waals surface area contributed by atoms with Crippen LogP contribution in [0.15, 0.2) is 39.9 Å². The van der Waals surface area contributed by atoms with Crippen molar-refractivity contribution < 1.29 is 9.32 Å². The molecule has 0 aliphatic rings. The van der Waals surface area contributed by atoms with Crippen LogP contribution < -0.4 is 10.9 Å². The first-order valence-electron chi connectivity index (χ1n) is 7.18. The van der Waals surface area contributed by atoms with E-state index < -0.39 is 6.04 Å². The van der Waals surface area contributed by atoms with Gasteiger partial charge in [-0.2, -0.15) is 0 Å². The fraction of sp³-hybridized carbons (Fsp3) is 0.250. The second kappa shape index (κ2) is 5.68. The summed E-state index contributed by atoms with van der Waals surface area (Å²) < 4.78 is 6.24. The van der Waals surface area contributed by atoms with Crippen LogP contribution in [-0.2, 0) is 4.79 Å². The Labute approximate surface area is 131 Å². The van der Waals surface area contributed by atoms with Gasteiger partial charge in [-0.05, 0) is 32.4 Å². The van der Waals surface area contributed by atoms with Crippen LogP contribution in [0.25, 0.3) is 11.1 Å². The van der Waals surface area contributed by atoms with E-state index in [1.165, 1.54) is 10.9 Å². The predicted molar refractivity (Wildman–Crippen MR) is 85.3 cm³/mol. The lowest BCUT2D eigenvalue weighted by Crippen LogP contribution is -2.32. The van der Waals surface area contributed by atoms with E-state index in [1.54, 1.807) is 13.8 Å². The SMILES string of the molecule is Cc1ccccc1NC(=O)[C@@H](C)n1cnc2onc(C)c2c1=O. The number of hydrogen-bond acceptors (Lipinski definition) is 5. The zero-order valence-corrected chi connectivity index (χ0v) is 13.0. The summed E-state index contributed by atoms with van der Waals surface area (Å²) in [5.74, 6) is -0.295. The average Bonchev–Trinajstić information content (AvgIpc) is 2.91. The molecule has 118 valence electrons. The topological polar surface area (TPSA) is 90.0 Å². The smallest absolute Gasteiger partial charge is 0.267 e. The summed E-state index contributed by atoms with van der Waals surface area (Å²) >= 11 is 0. The number of carbonyl (C=O) groups excluding carboxylic acids is 1. The van der Waals surface area contributed by atoms with Gasteiger partial charge in [0.05, 0.1) is 5.69 Å². The van der Waals surface area contributed by atoms with Crippen molar-refractivity contribution in [2.24, 2.45) is 0 Å². The molecule has 3 rings (SSSR count). The number of para-hydroxylation sites is 1. The Bertz CT molecular complexity index is 942. The molecule has 0 saturated carbocycles. The monoisotopic (exact) mass is 312 g/mol. The minimum Gasteiger partial charge on any atom is -0.335 e. The van der Waals surface area contributed by atoms with Gasteiger partial charge in [0.1, 0.15) is 17.8 Å². The van der Waals surface area contributed by atoms with Crippen LogP contribution in [-0.4, -0.2) is 20.6 Å². The zero-order valence-electron chi connectivity index (χ0n) is 13.0. The number of nitrogens with zero attached hydrogens (tertiary/aromatic N) is 3. The van der Waals surface area contributed by atoms with Gasteiger partial charge in [-0.25, -0.2) is 4.98 Å². The van der Waals surface area contributed by atoms with Crippen LogP contribution in [0.5, 0.6) is 0 Å². The lowest BCUT2D eigenvalue weighted by Gasteiger charge is -2.15. The second-order valence-corrected chi connectivity index (χ2v) is 5.39. The molecule has 2 heterocycles. The van der Waals surface area contributed by atoms with Crippen molar-refractivity contribution >= 4 is 22.7 Å². The number of benzene rings is 1. The number of amides is 1. The molecule has 0 saturated heterocycles. The Morgan fingerprint density at radius 1 is 1.30 bits per heavy atom. The molecule has 7 nitrogen and oxygen atoms in total. The molecule has 0 bridgehead atoms. The van der Waals surface area contributed by atoms with Crippen molar-refractivity contribution in [2.45, 2.75) is 26.8 Å². The summed E-state index contributed by atoms with van der Waals surface area (Å²) in [6, 6.07) is 6.74. The van der Waals surface area contributed by atoms with Gasteiger partial charge < -0.3 is 9.84 Å². The van der Waals surface area contributed by atoms with Crippen LogP contribution >= 0.6 is 0 Å². The molecule has 1 aromatic carbocycles. The second-order valence-electron chi connectivity index (χ2n) is 5.39. The molecule has 1 N–H and O–H groups in total. The van der Waals surface area contributed by atoms with E-state index in [0.717, 1.165) is 5.56 Å². The summed E-state index contributed by atoms with van der Waals surface area (Å²) in [4.78, 5) is 29.0. The molecule has 0 aliphatic carbocycles. The molecule has 0 radical (unpaired) electrons. The van der Waals surface area contributed by atoms with Crippen LogP contribution in [0.4, 0.5) is 5.69 Å². The maximum Gasteiger partial charge on any atom is 0.267 e. The Kier molecular flexibility index (Phi) is 3.69. The summed E-state index contributed by atoms with van der Waals surface area (Å²) in [5, 5.41) is 6.85. The van der Waals surface area contributed by atoms with Crippen LogP contribution in [0.1, 0.15) is 24.2 Å². The van der Waals surface area contributed by atoms with Gasteiger partial charge in [-0.15, -0.1) is 0 Å². The minimum absolute atomic E-state index is 0.176. The van der Waals surface area contributed by atoms with E-state index in [0.29, 0.717) is 16.8 Å². The number of aromatic nitrogens is 3. The third-order valence-electron chi connectivity index (χ3n) is 3.79. The first kappa shape index (κ1) is 15.0. The van der Waals surface area contributed by atoms with Crippen molar-refractivity contribution in [3.05, 3.63) is 52.2 Å². The lowest BCUT2D eigenvalue weighted by atomic mass is 10.2. The molecule has 0 fully saturated rings. The summed E-state index contributed by atoms with van der Waals surface area (Å²) in [5.41, 5.74) is 1.95. The van der Waals surface area contributed by atoms with Crippen molar-refractivity contribution in [2.75, 3.05) is 5.32 Å². The molecule has 0 spiro atoms. The highest BCUT2D eigenvalue weighted by molar-refractivity contribution is 5.94. The molecular formula is C16H16N4O3. The summed E-state index contributed by atoms with van der Waals surface area (Å²) in [6.45, 7) is 5.21. The summed E-state index contributed by atoms with van der Waals surface area (Å²) in [6.07, 6.45) is 1.30. The molecule has 1 amide bonds. The van der Waals surface area contributed by atoms with Gasteiger partial charge in [0.2, 0.25) is 5.91 Å². The van der Waals surface area contributed by atoms with Gasteiger partial charge in [-0.1, -0.05) is 23.4 Å². The van der Waals surface area contributed by atoms with E-state index in [2.05, 4.69) is 15.5 Å². The number of aryl methyl sites for hydroxylation is 2. The number of rotatable bonds is 3. The lowest BCUT2D eigenvalue weighted by molar-refractivity contribution is -0.118. The number of hydrogen-bond donors (Lipinski definition) is 1. The van der Waals surface area contributed by atoms with Gasteiger partial charge >= 0.3 is 0 Å². The third-order valence-corrected chi connectivity index (χ3v) is 3.79. The normalized spacial score (nSPS) is 12.3. The standard InChI is InChI=1S/C16H16N4O3/c1-9-6-4-5-7-12(9)18-14(21)11(3)20-8-17-15-13(16(20)22)10(2)19-23-15/h4-8,11H,1-3H3,(H,18,21)/t11-/m1/s1. The third kappa shape index (κ3) is 2.61. The maximum atomic E-state index is 12.5. The van der Waals surface area contributed by atoms with E-state index in [1.807, 2.05) is 31.2 Å². The fourth-order valence-corrected chi connectivity index (χ4v) is 2.34. The Balaban J connectivity index is 1.94. The molecule has 0 aliphatic heterocycles. The van der Waals surface area contributed by atoms with E-state index in [-0.39, 0.29) is 17.2 Å². The number of fused-ring (bicyclic) bond motifs is 1. The van der Waals surface area contributed by atoms with E-state index >= 15 is 0 Å². The molecular weight excluding hydrogens is 296 g/mol. The maximum absolute atomic E-state index is 12.5. The highest BCUT2D eigenvalue weighted by Crippen LogP contribution is 2.16. The Morgan fingerprint density at radius 2 is 2.04 bits per heavy atom. The highest BCUT2D eigenvalue weighted by atomic mass is 16.5. The van der Waals surface area contributed by atoms with Crippen LogP contribution in [0, 0.1) is 13.8 Å². The Morgan fingerprint density at radius 3 is 2.78 bits per heavy atom. The van der Waals surface area contributed by atoms with Gasteiger partial charge in [0, 0.05) is 5.69 Å². The average molecular weight is 312 g/mol. The minimum atomic E-state index is -0.715. The van der Waals surface area contributed by atoms with Gasteiger partial charge in [0.15, 0.2) is 0 Å². The number of carbonyl (C=O) groups is 1. The van der Waals surface area contributed by atoms with Crippen molar-refractivity contribution in [1.29, 1.82) is 0 Å². The molecule has 1 atom stereocenters. The van der Waals surface area contributed by atoms with E-state index in [9.17, 15) is 9.59 Å². The molecule has 0 unspecified atom stereocenters. The molecule has 2 aromatic heterocycles. The number of nitrogens with one attached hydrogen (secondary N) is 1. The predicted octanol–water partition coefficient (Wildman–Crippen LogP) is 2.20. The van der Waals surface area contributed by atoms with Crippen molar-refractivity contribution in [1.82, 2.24) is 14.7 Å². The fourth-order valence-electron chi connectivity index (χ4n) is 2.34. The Hall–Kier alpha value is -2.96. The van der Waals surface area contributed by atoms with Crippen LogP contribution in [0.2, 0.25) is 0 Å². The number of anilines is 1. The zero-order chi connectivity index (χ0) is 16.6. The molecule has 3 aromatic rings. The quantitative estimate of drug-likeness (QED) is 0.800. The van der Waals surface area contributed by atoms with E-state index in [4.69, 9.17) is 4.52 Å². The first-order chi connectivity index (χ1) is 11.0.